The minimum absolute atomic E-state index is 0.870. The third-order valence-corrected chi connectivity index (χ3v) is 4.46. The molecule has 2 aliphatic heterocycles. The highest BCUT2D eigenvalue weighted by Crippen LogP contribution is 2.35. The Labute approximate surface area is 104 Å². The Bertz CT molecular complexity index is 354. The van der Waals surface area contributed by atoms with Gasteiger partial charge in [0.25, 0.3) is 0 Å². The number of ether oxygens (including phenoxy) is 1. The maximum Gasteiger partial charge on any atom is 0.119 e. The first-order chi connectivity index (χ1) is 8.36. The Hall–Kier alpha value is -1.02. The monoisotopic (exact) mass is 232 g/mol. The molecule has 0 unspecified atom stereocenters. The standard InChI is InChI=1S/C15H22NO/c1-2-5-15(6-3-1)17-12-4-9-16-10-7-14(13-16)8-11-16/h1-3,5-6,14H,4,7-13H2/q+1. The van der Waals surface area contributed by atoms with Gasteiger partial charge in [0.15, 0.2) is 0 Å². The molecule has 0 N–H and O–H groups in total. The van der Waals surface area contributed by atoms with Gasteiger partial charge in [-0.15, -0.1) is 0 Å². The molecule has 1 aromatic rings. The summed E-state index contributed by atoms with van der Waals surface area (Å²) in [4.78, 5) is 0. The molecule has 2 aliphatic rings. The van der Waals surface area contributed by atoms with Crippen LogP contribution >= 0.6 is 0 Å². The molecule has 1 aromatic carbocycles. The van der Waals surface area contributed by atoms with Gasteiger partial charge in [0.2, 0.25) is 0 Å². The van der Waals surface area contributed by atoms with Gasteiger partial charge in [-0.2, -0.15) is 0 Å². The quantitative estimate of drug-likeness (QED) is 0.560. The largest absolute Gasteiger partial charge is 0.493 e. The van der Waals surface area contributed by atoms with Gasteiger partial charge in [0.1, 0.15) is 5.75 Å². The van der Waals surface area contributed by atoms with Gasteiger partial charge in [0, 0.05) is 25.2 Å². The van der Waals surface area contributed by atoms with Gasteiger partial charge in [-0.25, -0.2) is 0 Å². The van der Waals surface area contributed by atoms with E-state index in [9.17, 15) is 0 Å². The molecule has 2 heterocycles. The summed E-state index contributed by atoms with van der Waals surface area (Å²) in [5.74, 6) is 2.05. The van der Waals surface area contributed by atoms with Gasteiger partial charge in [-0.3, -0.25) is 0 Å². The van der Waals surface area contributed by atoms with Crippen LogP contribution in [-0.2, 0) is 0 Å². The Balaban J connectivity index is 1.41. The molecule has 0 aliphatic carbocycles. The van der Waals surface area contributed by atoms with Crippen LogP contribution in [0.5, 0.6) is 5.75 Å². The molecule has 2 heteroatoms. The number of nitrogens with zero attached hydrogens (tertiary/aromatic N) is 1. The Kier molecular flexibility index (Phi) is 3.06. The highest BCUT2D eigenvalue weighted by atomic mass is 16.5. The van der Waals surface area contributed by atoms with Crippen LogP contribution in [0, 0.1) is 5.92 Å². The van der Waals surface area contributed by atoms with Gasteiger partial charge < -0.3 is 9.22 Å². The van der Waals surface area contributed by atoms with E-state index in [0.29, 0.717) is 0 Å². The van der Waals surface area contributed by atoms with Crippen molar-refractivity contribution in [2.24, 2.45) is 5.92 Å². The van der Waals surface area contributed by atoms with Crippen molar-refractivity contribution in [2.75, 3.05) is 32.8 Å². The normalized spacial score (nSPS) is 30.7. The van der Waals surface area contributed by atoms with Crippen molar-refractivity contribution in [1.29, 1.82) is 0 Å². The zero-order valence-corrected chi connectivity index (χ0v) is 10.5. The van der Waals surface area contributed by atoms with Crippen LogP contribution in [0.2, 0.25) is 0 Å². The maximum absolute atomic E-state index is 5.76. The van der Waals surface area contributed by atoms with E-state index in [4.69, 9.17) is 4.74 Å². The second kappa shape index (κ2) is 4.69. The van der Waals surface area contributed by atoms with Crippen LogP contribution in [0.4, 0.5) is 0 Å². The molecule has 0 spiro atoms. The SMILES string of the molecule is c1ccc(OCCC[N+]23CCC(CC2)C3)cc1. The summed E-state index contributed by atoms with van der Waals surface area (Å²) in [6.45, 7) is 6.50. The van der Waals surface area contributed by atoms with Crippen LogP contribution in [0.1, 0.15) is 19.3 Å². The van der Waals surface area contributed by atoms with E-state index in [1.165, 1.54) is 49.9 Å². The van der Waals surface area contributed by atoms with Crippen LogP contribution in [0.15, 0.2) is 30.3 Å². The highest BCUT2D eigenvalue weighted by molar-refractivity contribution is 5.20. The second-order valence-corrected chi connectivity index (χ2v) is 5.65. The molecule has 0 radical (unpaired) electrons. The van der Waals surface area contributed by atoms with Crippen molar-refractivity contribution in [3.8, 4) is 5.75 Å². The molecule has 0 aromatic heterocycles. The van der Waals surface area contributed by atoms with Crippen molar-refractivity contribution >= 4 is 0 Å². The average molecular weight is 232 g/mol. The summed E-state index contributed by atoms with van der Waals surface area (Å²) in [6.07, 6.45) is 4.14. The Morgan fingerprint density at radius 2 is 1.88 bits per heavy atom. The van der Waals surface area contributed by atoms with E-state index in [0.717, 1.165) is 18.3 Å². The predicted octanol–water partition coefficient (Wildman–Crippen LogP) is 2.70. The van der Waals surface area contributed by atoms with Gasteiger partial charge >= 0.3 is 0 Å². The van der Waals surface area contributed by atoms with Crippen molar-refractivity contribution in [1.82, 2.24) is 0 Å². The molecular formula is C15H22NO+. The second-order valence-electron chi connectivity index (χ2n) is 5.65. The molecule has 92 valence electrons. The first-order valence-corrected chi connectivity index (χ1v) is 6.89. The summed E-state index contributed by atoms with van der Waals surface area (Å²) in [5, 5.41) is 0. The zero-order valence-electron chi connectivity index (χ0n) is 10.5. The lowest BCUT2D eigenvalue weighted by Gasteiger charge is -2.31. The molecule has 2 nitrogen and oxygen atoms in total. The first kappa shape index (κ1) is 11.1. The summed E-state index contributed by atoms with van der Waals surface area (Å²) >= 11 is 0. The molecule has 2 fully saturated rings. The predicted molar refractivity (Wildman–Crippen MR) is 69.0 cm³/mol. The van der Waals surface area contributed by atoms with E-state index in [-0.39, 0.29) is 0 Å². The molecule has 2 bridgehead atoms. The molecule has 0 amide bonds. The fourth-order valence-electron chi connectivity index (χ4n) is 3.50. The number of para-hydroxylation sites is 1. The lowest BCUT2D eigenvalue weighted by atomic mass is 10.1. The lowest BCUT2D eigenvalue weighted by Crippen LogP contribution is -2.44. The van der Waals surface area contributed by atoms with Crippen molar-refractivity contribution in [3.05, 3.63) is 30.3 Å². The van der Waals surface area contributed by atoms with Crippen molar-refractivity contribution in [2.45, 2.75) is 19.3 Å². The van der Waals surface area contributed by atoms with Crippen LogP contribution in [0.3, 0.4) is 0 Å². The summed E-state index contributed by atoms with van der Waals surface area (Å²) in [7, 11) is 0. The Morgan fingerprint density at radius 1 is 1.12 bits per heavy atom. The molecular weight excluding hydrogens is 210 g/mol. The minimum atomic E-state index is 0.870. The number of fused-ring (bicyclic) bond motifs is 2. The maximum atomic E-state index is 5.76. The topological polar surface area (TPSA) is 9.23 Å². The number of rotatable bonds is 5. The number of hydrogen-bond acceptors (Lipinski definition) is 1. The van der Waals surface area contributed by atoms with E-state index >= 15 is 0 Å². The van der Waals surface area contributed by atoms with Crippen LogP contribution < -0.4 is 4.74 Å². The van der Waals surface area contributed by atoms with Crippen molar-refractivity contribution < 1.29 is 9.22 Å². The van der Waals surface area contributed by atoms with Crippen LogP contribution in [-0.4, -0.2) is 37.3 Å². The summed E-state index contributed by atoms with van der Waals surface area (Å²) in [5.41, 5.74) is 0. The van der Waals surface area contributed by atoms with E-state index in [2.05, 4.69) is 0 Å². The number of hydrogen-bond donors (Lipinski definition) is 0. The van der Waals surface area contributed by atoms with Crippen LogP contribution in [0.25, 0.3) is 0 Å². The smallest absolute Gasteiger partial charge is 0.119 e. The molecule has 0 saturated carbocycles. The number of benzene rings is 1. The van der Waals surface area contributed by atoms with Gasteiger partial charge in [-0.1, -0.05) is 18.2 Å². The number of quaternary nitrogens is 1. The zero-order chi connectivity index (χ0) is 11.6. The highest BCUT2D eigenvalue weighted by Gasteiger charge is 2.43. The van der Waals surface area contributed by atoms with E-state index in [1.54, 1.807) is 0 Å². The van der Waals surface area contributed by atoms with E-state index < -0.39 is 0 Å². The fourth-order valence-corrected chi connectivity index (χ4v) is 3.50. The summed E-state index contributed by atoms with van der Waals surface area (Å²) in [6, 6.07) is 10.2. The third-order valence-electron chi connectivity index (χ3n) is 4.46. The number of piperidine rings is 1. The lowest BCUT2D eigenvalue weighted by molar-refractivity contribution is -0.909. The molecule has 3 rings (SSSR count). The third kappa shape index (κ3) is 2.47. The minimum Gasteiger partial charge on any atom is -0.493 e. The summed E-state index contributed by atoms with van der Waals surface area (Å²) < 4.78 is 7.15. The van der Waals surface area contributed by atoms with Gasteiger partial charge in [0.05, 0.1) is 32.8 Å². The Morgan fingerprint density at radius 3 is 2.53 bits per heavy atom. The molecule has 2 saturated heterocycles. The fraction of sp³-hybridized carbons (Fsp3) is 0.600. The van der Waals surface area contributed by atoms with Gasteiger partial charge in [-0.05, 0) is 12.1 Å². The van der Waals surface area contributed by atoms with E-state index in [1.807, 2.05) is 30.3 Å². The molecule has 17 heavy (non-hydrogen) atoms. The molecule has 0 atom stereocenters. The van der Waals surface area contributed by atoms with Crippen molar-refractivity contribution in [3.63, 3.8) is 0 Å². The first-order valence-electron chi connectivity index (χ1n) is 6.89. The average Bonchev–Trinajstić information content (AvgIpc) is 2.97.